The topological polar surface area (TPSA) is 29.5 Å². The standard InChI is InChI=1S/C55H37NO2/c1-55(2)48-21-10-8-17-42(48)43-29-27-39(33-49(43)55)56(37-25-23-34(24-26-37)41-19-12-20-45-44-18-9-11-22-50(44)57-53(41)45)38-28-30-51-46(32-38)47-31-36-15-6-7-16-40(36)52(54(47)58-51)35-13-4-3-5-14-35/h3-33H,1-2H3. The Kier molecular flexibility index (Phi) is 6.98. The molecule has 2 heterocycles. The van der Waals surface area contributed by atoms with E-state index >= 15 is 0 Å². The highest BCUT2D eigenvalue weighted by Gasteiger charge is 2.36. The maximum Gasteiger partial charge on any atom is 0.143 e. The number of benzene rings is 9. The van der Waals surface area contributed by atoms with Crippen molar-refractivity contribution >= 4 is 71.7 Å². The third-order valence-corrected chi connectivity index (χ3v) is 12.5. The van der Waals surface area contributed by atoms with Gasteiger partial charge in [0, 0.05) is 55.1 Å². The monoisotopic (exact) mass is 743 g/mol. The zero-order valence-electron chi connectivity index (χ0n) is 32.2. The quantitative estimate of drug-likeness (QED) is 0.176. The van der Waals surface area contributed by atoms with Gasteiger partial charge in [-0.1, -0.05) is 147 Å². The fraction of sp³-hybridized carbons (Fsp3) is 0.0545. The van der Waals surface area contributed by atoms with Gasteiger partial charge in [-0.2, -0.15) is 0 Å². The molecule has 0 saturated carbocycles. The first-order valence-electron chi connectivity index (χ1n) is 20.0. The van der Waals surface area contributed by atoms with E-state index in [4.69, 9.17) is 8.83 Å². The second kappa shape index (κ2) is 12.3. The maximum atomic E-state index is 6.81. The number of nitrogens with zero attached hydrogens (tertiary/aromatic N) is 1. The number of anilines is 3. The normalized spacial score (nSPS) is 13.1. The Morgan fingerprint density at radius 1 is 0.379 bits per heavy atom. The van der Waals surface area contributed by atoms with Crippen LogP contribution < -0.4 is 4.90 Å². The van der Waals surface area contributed by atoms with Gasteiger partial charge in [0.2, 0.25) is 0 Å². The van der Waals surface area contributed by atoms with Crippen LogP contribution in [0.5, 0.6) is 0 Å². The van der Waals surface area contributed by atoms with Gasteiger partial charge >= 0.3 is 0 Å². The number of para-hydroxylation sites is 2. The molecule has 58 heavy (non-hydrogen) atoms. The predicted molar refractivity (Wildman–Crippen MR) is 242 cm³/mol. The lowest BCUT2D eigenvalue weighted by Crippen LogP contribution is -2.16. The van der Waals surface area contributed by atoms with Crippen molar-refractivity contribution in [1.82, 2.24) is 0 Å². The van der Waals surface area contributed by atoms with Crippen LogP contribution in [0.4, 0.5) is 17.1 Å². The first-order chi connectivity index (χ1) is 28.5. The number of hydrogen-bond donors (Lipinski definition) is 0. The molecule has 11 aromatic rings. The van der Waals surface area contributed by atoms with Gasteiger partial charge in [0.05, 0.1) is 0 Å². The molecule has 12 rings (SSSR count). The first kappa shape index (κ1) is 32.8. The van der Waals surface area contributed by atoms with Crippen LogP contribution in [0.1, 0.15) is 25.0 Å². The molecule has 3 heteroatoms. The van der Waals surface area contributed by atoms with Gasteiger partial charge < -0.3 is 13.7 Å². The molecular formula is C55H37NO2. The highest BCUT2D eigenvalue weighted by molar-refractivity contribution is 6.19. The first-order valence-corrected chi connectivity index (χ1v) is 20.0. The summed E-state index contributed by atoms with van der Waals surface area (Å²) in [4.78, 5) is 2.39. The maximum absolute atomic E-state index is 6.81. The molecular weight excluding hydrogens is 707 g/mol. The summed E-state index contributed by atoms with van der Waals surface area (Å²) < 4.78 is 13.3. The molecule has 0 N–H and O–H groups in total. The van der Waals surface area contributed by atoms with Crippen molar-refractivity contribution in [2.24, 2.45) is 0 Å². The van der Waals surface area contributed by atoms with E-state index in [1.165, 1.54) is 33.0 Å². The van der Waals surface area contributed by atoms with E-state index in [9.17, 15) is 0 Å². The largest absolute Gasteiger partial charge is 0.455 e. The van der Waals surface area contributed by atoms with Crippen molar-refractivity contribution in [3.8, 4) is 33.4 Å². The Bertz CT molecular complexity index is 3420. The van der Waals surface area contributed by atoms with Crippen molar-refractivity contribution in [1.29, 1.82) is 0 Å². The summed E-state index contributed by atoms with van der Waals surface area (Å²) in [6.45, 7) is 4.69. The van der Waals surface area contributed by atoms with Gasteiger partial charge in [0.15, 0.2) is 0 Å². The van der Waals surface area contributed by atoms with E-state index in [1.807, 2.05) is 12.1 Å². The third-order valence-electron chi connectivity index (χ3n) is 12.5. The molecule has 0 atom stereocenters. The summed E-state index contributed by atoms with van der Waals surface area (Å²) >= 11 is 0. The summed E-state index contributed by atoms with van der Waals surface area (Å²) in [6.07, 6.45) is 0. The molecule has 0 unspecified atom stereocenters. The second-order valence-corrected chi connectivity index (χ2v) is 16.1. The highest BCUT2D eigenvalue weighted by atomic mass is 16.3. The van der Waals surface area contributed by atoms with Crippen LogP contribution in [-0.4, -0.2) is 0 Å². The minimum absolute atomic E-state index is 0.137. The molecule has 0 radical (unpaired) electrons. The number of furan rings is 2. The fourth-order valence-electron chi connectivity index (χ4n) is 9.64. The van der Waals surface area contributed by atoms with Gasteiger partial charge in [-0.05, 0) is 98.8 Å². The molecule has 274 valence electrons. The molecule has 0 saturated heterocycles. The Hall–Kier alpha value is -7.36. The summed E-state index contributed by atoms with van der Waals surface area (Å²) in [6, 6.07) is 67.6. The van der Waals surface area contributed by atoms with Gasteiger partial charge in [0.25, 0.3) is 0 Å². The number of hydrogen-bond acceptors (Lipinski definition) is 3. The molecule has 1 aliphatic carbocycles. The fourth-order valence-corrected chi connectivity index (χ4v) is 9.64. The van der Waals surface area contributed by atoms with Crippen LogP contribution in [0.15, 0.2) is 197 Å². The average molecular weight is 744 g/mol. The SMILES string of the molecule is CC1(C)c2ccccc2-c2ccc(N(c3ccc(-c4cccc5c4oc4ccccc45)cc3)c3ccc4oc5c(-c6ccccc6)c6ccccc6cc5c4c3)cc21. The van der Waals surface area contributed by atoms with Gasteiger partial charge in [-0.25, -0.2) is 0 Å². The summed E-state index contributed by atoms with van der Waals surface area (Å²) in [5, 5.41) is 6.83. The molecule has 1 aliphatic rings. The van der Waals surface area contributed by atoms with Crippen molar-refractivity contribution < 1.29 is 8.83 Å². The van der Waals surface area contributed by atoms with Crippen LogP contribution in [0, 0.1) is 0 Å². The summed E-state index contributed by atoms with van der Waals surface area (Å²) in [5.41, 5.74) is 16.5. The Labute approximate surface area is 336 Å². The van der Waals surface area contributed by atoms with Crippen LogP contribution in [0.2, 0.25) is 0 Å². The Morgan fingerprint density at radius 3 is 1.90 bits per heavy atom. The Balaban J connectivity index is 1.05. The van der Waals surface area contributed by atoms with E-state index in [0.29, 0.717) is 0 Å². The van der Waals surface area contributed by atoms with Gasteiger partial charge in [0.1, 0.15) is 22.3 Å². The molecule has 0 bridgehead atoms. The van der Waals surface area contributed by atoms with Crippen LogP contribution in [0.25, 0.3) is 88.0 Å². The molecule has 9 aromatic carbocycles. The van der Waals surface area contributed by atoms with Gasteiger partial charge in [-0.15, -0.1) is 0 Å². The molecule has 2 aromatic heterocycles. The van der Waals surface area contributed by atoms with Crippen molar-refractivity contribution in [3.63, 3.8) is 0 Å². The lowest BCUT2D eigenvalue weighted by atomic mass is 9.82. The third kappa shape index (κ3) is 4.80. The molecule has 0 amide bonds. The van der Waals surface area contributed by atoms with E-state index in [2.05, 4.69) is 195 Å². The Morgan fingerprint density at radius 2 is 1.02 bits per heavy atom. The average Bonchev–Trinajstić information content (AvgIpc) is 3.91. The van der Waals surface area contributed by atoms with E-state index < -0.39 is 0 Å². The van der Waals surface area contributed by atoms with Crippen molar-refractivity contribution in [3.05, 3.63) is 199 Å². The zero-order chi connectivity index (χ0) is 38.5. The van der Waals surface area contributed by atoms with E-state index in [0.717, 1.165) is 83.2 Å². The number of rotatable bonds is 5. The van der Waals surface area contributed by atoms with Crippen LogP contribution >= 0.6 is 0 Å². The van der Waals surface area contributed by atoms with E-state index in [1.54, 1.807) is 0 Å². The van der Waals surface area contributed by atoms with Crippen LogP contribution in [0.3, 0.4) is 0 Å². The van der Waals surface area contributed by atoms with E-state index in [-0.39, 0.29) is 5.41 Å². The van der Waals surface area contributed by atoms with Crippen molar-refractivity contribution in [2.75, 3.05) is 4.90 Å². The molecule has 0 spiro atoms. The zero-order valence-corrected chi connectivity index (χ0v) is 32.2. The highest BCUT2D eigenvalue weighted by Crippen LogP contribution is 2.51. The lowest BCUT2D eigenvalue weighted by molar-refractivity contribution is 0.660. The van der Waals surface area contributed by atoms with Crippen LogP contribution in [-0.2, 0) is 5.41 Å². The second-order valence-electron chi connectivity index (χ2n) is 16.1. The molecule has 0 aliphatic heterocycles. The van der Waals surface area contributed by atoms with Crippen molar-refractivity contribution in [2.45, 2.75) is 19.3 Å². The smallest absolute Gasteiger partial charge is 0.143 e. The number of fused-ring (bicyclic) bond motifs is 10. The summed E-state index contributed by atoms with van der Waals surface area (Å²) in [5.74, 6) is 0. The minimum atomic E-state index is -0.137. The predicted octanol–water partition coefficient (Wildman–Crippen LogP) is 15.7. The van der Waals surface area contributed by atoms with Gasteiger partial charge in [-0.3, -0.25) is 0 Å². The molecule has 0 fully saturated rings. The lowest BCUT2D eigenvalue weighted by Gasteiger charge is -2.28. The minimum Gasteiger partial charge on any atom is -0.455 e. The molecule has 3 nitrogen and oxygen atoms in total. The summed E-state index contributed by atoms with van der Waals surface area (Å²) in [7, 11) is 0.